The molecule has 0 aromatic heterocycles. The van der Waals surface area contributed by atoms with Gasteiger partial charge in [0.25, 0.3) is 0 Å². The number of piperazine rings is 1. The molecule has 0 aromatic carbocycles. The second kappa shape index (κ2) is 9.38. The molecule has 1 heterocycles. The summed E-state index contributed by atoms with van der Waals surface area (Å²) in [5.74, 6) is 1.27. The van der Waals surface area contributed by atoms with E-state index < -0.39 is 0 Å². The van der Waals surface area contributed by atoms with E-state index in [2.05, 4.69) is 37.5 Å². The Hall–Kier alpha value is -0.650. The lowest BCUT2D eigenvalue weighted by Crippen LogP contribution is -2.51. The zero-order chi connectivity index (χ0) is 15.8. The van der Waals surface area contributed by atoms with Gasteiger partial charge in [0.15, 0.2) is 0 Å². The normalized spacial score (nSPS) is 17.7. The van der Waals surface area contributed by atoms with Crippen LogP contribution in [0.2, 0.25) is 0 Å². The molecule has 1 rings (SSSR count). The summed E-state index contributed by atoms with van der Waals surface area (Å²) in [6, 6.07) is 0. The molecule has 1 fully saturated rings. The van der Waals surface area contributed by atoms with Gasteiger partial charge in [-0.1, -0.05) is 27.7 Å². The SMILES string of the molecule is CC(C)CN(CC(C)C)C(=O)CN1CCN(CCO)CC1. The third-order valence-corrected chi connectivity index (χ3v) is 3.76. The van der Waals surface area contributed by atoms with Crippen LogP contribution in [0.25, 0.3) is 0 Å². The molecule has 21 heavy (non-hydrogen) atoms. The van der Waals surface area contributed by atoms with E-state index in [1.807, 2.05) is 4.90 Å². The number of carbonyl (C=O) groups is 1. The molecular formula is C16H33N3O2. The molecule has 0 aliphatic carbocycles. The van der Waals surface area contributed by atoms with Crippen LogP contribution in [0.1, 0.15) is 27.7 Å². The van der Waals surface area contributed by atoms with Crippen LogP contribution in [0.15, 0.2) is 0 Å². The van der Waals surface area contributed by atoms with Gasteiger partial charge in [0.05, 0.1) is 13.2 Å². The molecular weight excluding hydrogens is 266 g/mol. The van der Waals surface area contributed by atoms with E-state index in [-0.39, 0.29) is 12.5 Å². The first-order chi connectivity index (χ1) is 9.92. The van der Waals surface area contributed by atoms with Gasteiger partial charge in [-0.05, 0) is 11.8 Å². The second-order valence-corrected chi connectivity index (χ2v) is 6.93. The van der Waals surface area contributed by atoms with Gasteiger partial charge in [0.2, 0.25) is 5.91 Å². The van der Waals surface area contributed by atoms with Gasteiger partial charge in [0.1, 0.15) is 0 Å². The largest absolute Gasteiger partial charge is 0.395 e. The van der Waals surface area contributed by atoms with E-state index in [1.54, 1.807) is 0 Å². The predicted octanol–water partition coefficient (Wildman–Crippen LogP) is 0.737. The molecule has 1 N–H and O–H groups in total. The van der Waals surface area contributed by atoms with Crippen LogP contribution in [0.4, 0.5) is 0 Å². The molecule has 0 radical (unpaired) electrons. The molecule has 0 unspecified atom stereocenters. The van der Waals surface area contributed by atoms with Crippen LogP contribution in [0.3, 0.4) is 0 Å². The number of hydrogen-bond acceptors (Lipinski definition) is 4. The summed E-state index contributed by atoms with van der Waals surface area (Å²) in [5.41, 5.74) is 0. The maximum absolute atomic E-state index is 12.5. The molecule has 5 nitrogen and oxygen atoms in total. The molecule has 0 aromatic rings. The van der Waals surface area contributed by atoms with Crippen molar-refractivity contribution in [1.29, 1.82) is 0 Å². The maximum Gasteiger partial charge on any atom is 0.236 e. The van der Waals surface area contributed by atoms with Gasteiger partial charge < -0.3 is 10.0 Å². The molecule has 0 atom stereocenters. The highest BCUT2D eigenvalue weighted by molar-refractivity contribution is 5.78. The van der Waals surface area contributed by atoms with Crippen LogP contribution in [0.5, 0.6) is 0 Å². The standard InChI is InChI=1S/C16H33N3O2/c1-14(2)11-19(12-15(3)4)16(21)13-18-7-5-17(6-8-18)9-10-20/h14-15,20H,5-13H2,1-4H3. The fourth-order valence-corrected chi connectivity index (χ4v) is 2.76. The van der Waals surface area contributed by atoms with Crippen molar-refractivity contribution >= 4 is 5.91 Å². The molecule has 1 aliphatic rings. The summed E-state index contributed by atoms with van der Waals surface area (Å²) in [6.07, 6.45) is 0. The lowest BCUT2D eigenvalue weighted by atomic mass is 10.1. The summed E-state index contributed by atoms with van der Waals surface area (Å²) in [4.78, 5) is 19.0. The lowest BCUT2D eigenvalue weighted by molar-refractivity contribution is -0.134. The number of aliphatic hydroxyl groups is 1. The topological polar surface area (TPSA) is 47.0 Å². The summed E-state index contributed by atoms with van der Waals surface area (Å²) in [7, 11) is 0. The minimum Gasteiger partial charge on any atom is -0.395 e. The predicted molar refractivity (Wildman–Crippen MR) is 86.2 cm³/mol. The molecule has 0 spiro atoms. The molecule has 1 aliphatic heterocycles. The molecule has 1 amide bonds. The fraction of sp³-hybridized carbons (Fsp3) is 0.938. The van der Waals surface area contributed by atoms with Crippen molar-refractivity contribution in [1.82, 2.24) is 14.7 Å². The fourth-order valence-electron chi connectivity index (χ4n) is 2.76. The molecule has 5 heteroatoms. The van der Waals surface area contributed by atoms with E-state index in [4.69, 9.17) is 5.11 Å². The van der Waals surface area contributed by atoms with Gasteiger partial charge in [-0.3, -0.25) is 14.6 Å². The monoisotopic (exact) mass is 299 g/mol. The molecule has 0 bridgehead atoms. The van der Waals surface area contributed by atoms with E-state index in [0.717, 1.165) is 45.8 Å². The second-order valence-electron chi connectivity index (χ2n) is 6.93. The van der Waals surface area contributed by atoms with E-state index in [0.29, 0.717) is 18.4 Å². The summed E-state index contributed by atoms with van der Waals surface area (Å²) in [5, 5.41) is 8.95. The zero-order valence-electron chi connectivity index (χ0n) is 14.2. The van der Waals surface area contributed by atoms with E-state index in [9.17, 15) is 4.79 Å². The average molecular weight is 299 g/mol. The van der Waals surface area contributed by atoms with Crippen molar-refractivity contribution in [2.75, 3.05) is 59.0 Å². The third-order valence-electron chi connectivity index (χ3n) is 3.76. The van der Waals surface area contributed by atoms with Crippen LogP contribution < -0.4 is 0 Å². The van der Waals surface area contributed by atoms with Crippen molar-refractivity contribution in [3.05, 3.63) is 0 Å². The highest BCUT2D eigenvalue weighted by Crippen LogP contribution is 2.07. The zero-order valence-corrected chi connectivity index (χ0v) is 14.2. The minimum atomic E-state index is 0.218. The molecule has 124 valence electrons. The van der Waals surface area contributed by atoms with Gasteiger partial charge in [0, 0.05) is 45.8 Å². The van der Waals surface area contributed by atoms with Crippen molar-refractivity contribution in [2.45, 2.75) is 27.7 Å². The Labute approximate surface area is 129 Å². The lowest BCUT2D eigenvalue weighted by Gasteiger charge is -2.35. The third kappa shape index (κ3) is 7.25. The summed E-state index contributed by atoms with van der Waals surface area (Å²) < 4.78 is 0. The number of hydrogen-bond donors (Lipinski definition) is 1. The highest BCUT2D eigenvalue weighted by Gasteiger charge is 2.22. The minimum absolute atomic E-state index is 0.218. The maximum atomic E-state index is 12.5. The summed E-state index contributed by atoms with van der Waals surface area (Å²) in [6.45, 7) is 15.6. The Balaban J connectivity index is 2.42. The number of carbonyl (C=O) groups excluding carboxylic acids is 1. The molecule has 0 saturated carbocycles. The van der Waals surface area contributed by atoms with Crippen molar-refractivity contribution in [3.8, 4) is 0 Å². The van der Waals surface area contributed by atoms with Crippen LogP contribution in [0, 0.1) is 11.8 Å². The number of nitrogens with zero attached hydrogens (tertiary/aromatic N) is 3. The quantitative estimate of drug-likeness (QED) is 0.718. The van der Waals surface area contributed by atoms with E-state index >= 15 is 0 Å². The average Bonchev–Trinajstić information content (AvgIpc) is 2.39. The number of rotatable bonds is 8. The van der Waals surface area contributed by atoms with Gasteiger partial charge in [-0.2, -0.15) is 0 Å². The Morgan fingerprint density at radius 2 is 1.48 bits per heavy atom. The van der Waals surface area contributed by atoms with Crippen molar-refractivity contribution in [2.24, 2.45) is 11.8 Å². The van der Waals surface area contributed by atoms with Crippen LogP contribution in [-0.4, -0.2) is 84.7 Å². The smallest absolute Gasteiger partial charge is 0.236 e. The Morgan fingerprint density at radius 3 is 1.90 bits per heavy atom. The van der Waals surface area contributed by atoms with Crippen molar-refractivity contribution < 1.29 is 9.90 Å². The van der Waals surface area contributed by atoms with Crippen molar-refractivity contribution in [3.63, 3.8) is 0 Å². The first kappa shape index (κ1) is 18.4. The Bertz CT molecular complexity index is 290. The Kier molecular flexibility index (Phi) is 8.22. The number of β-amino-alcohol motifs (C(OH)–C–C–N with tert-alkyl or cyclic N) is 1. The van der Waals surface area contributed by atoms with Gasteiger partial charge in [-0.25, -0.2) is 0 Å². The van der Waals surface area contributed by atoms with Crippen LogP contribution >= 0.6 is 0 Å². The summed E-state index contributed by atoms with van der Waals surface area (Å²) >= 11 is 0. The highest BCUT2D eigenvalue weighted by atomic mass is 16.3. The van der Waals surface area contributed by atoms with E-state index in [1.165, 1.54) is 0 Å². The van der Waals surface area contributed by atoms with Gasteiger partial charge >= 0.3 is 0 Å². The van der Waals surface area contributed by atoms with Gasteiger partial charge in [-0.15, -0.1) is 0 Å². The molecule has 1 saturated heterocycles. The first-order valence-electron chi connectivity index (χ1n) is 8.25. The number of amides is 1. The van der Waals surface area contributed by atoms with Crippen LogP contribution in [-0.2, 0) is 4.79 Å². The Morgan fingerprint density at radius 1 is 1.00 bits per heavy atom. The number of aliphatic hydroxyl groups excluding tert-OH is 1. The first-order valence-corrected chi connectivity index (χ1v) is 8.25.